The Balaban J connectivity index is 1.12. The van der Waals surface area contributed by atoms with Gasteiger partial charge >= 0.3 is 41.5 Å². The van der Waals surface area contributed by atoms with Crippen molar-refractivity contribution in [3.8, 4) is 40.2 Å². The third-order valence-corrected chi connectivity index (χ3v) is 15.2. The summed E-state index contributed by atoms with van der Waals surface area (Å²) in [4.78, 5) is 88.2. The second-order valence-corrected chi connectivity index (χ2v) is 22.8. The highest BCUT2D eigenvalue weighted by Gasteiger charge is 2.26. The van der Waals surface area contributed by atoms with Gasteiger partial charge in [-0.05, 0) is 136 Å². The first-order valence-electron chi connectivity index (χ1n) is 33.2. The number of anilines is 1. The average Bonchev–Trinajstić information content (AvgIpc) is 0.835. The van der Waals surface area contributed by atoms with Crippen molar-refractivity contribution in [2.75, 3.05) is 45.4 Å². The van der Waals surface area contributed by atoms with Gasteiger partial charge in [-0.1, -0.05) is 142 Å². The van der Waals surface area contributed by atoms with Gasteiger partial charge in [0, 0.05) is 24.3 Å². The number of nitro groups is 1. The van der Waals surface area contributed by atoms with Crippen molar-refractivity contribution in [1.82, 2.24) is 0 Å². The Labute approximate surface area is 552 Å². The maximum atomic E-state index is 13.9. The second kappa shape index (κ2) is 44.4. The molecule has 0 aliphatic heterocycles. The Morgan fingerprint density at radius 2 is 0.830 bits per heavy atom. The molecule has 0 saturated heterocycles. The molecule has 20 heteroatoms. The molecule has 5 aromatic carbocycles. The summed E-state index contributed by atoms with van der Waals surface area (Å²) in [5.41, 5.74) is 4.99. The zero-order valence-electron chi connectivity index (χ0n) is 54.8. The molecule has 5 rings (SSSR count). The van der Waals surface area contributed by atoms with Gasteiger partial charge in [0.2, 0.25) is 0 Å². The van der Waals surface area contributed by atoms with Crippen molar-refractivity contribution in [1.29, 1.82) is 0 Å². The summed E-state index contributed by atoms with van der Waals surface area (Å²) in [5.74, 6) is -2.38. The maximum absolute atomic E-state index is 13.9. The van der Waals surface area contributed by atoms with E-state index in [1.807, 2.05) is 6.92 Å². The lowest BCUT2D eigenvalue weighted by atomic mass is 10.0. The van der Waals surface area contributed by atoms with E-state index in [0.29, 0.717) is 50.1 Å². The molecule has 0 bridgehead atoms. The molecular weight excluding hydrogens is 1200 g/mol. The van der Waals surface area contributed by atoms with Gasteiger partial charge < -0.3 is 53.1 Å². The number of nitrogen functional groups attached to an aromatic ring is 1. The molecule has 0 amide bonds. The van der Waals surface area contributed by atoms with Crippen LogP contribution in [0.25, 0.3) is 0 Å². The molecule has 508 valence electrons. The highest BCUT2D eigenvalue weighted by atomic mass is 16.6. The third-order valence-electron chi connectivity index (χ3n) is 15.2. The summed E-state index contributed by atoms with van der Waals surface area (Å²) in [6.07, 6.45) is 28.3. The Morgan fingerprint density at radius 1 is 0.436 bits per heavy atom. The number of nitro benzene ring substituents is 1. The quantitative estimate of drug-likeness (QED) is 0.00554. The zero-order valence-corrected chi connectivity index (χ0v) is 54.8. The lowest BCUT2D eigenvalue weighted by molar-refractivity contribution is -0.386. The fourth-order valence-electron chi connectivity index (χ4n) is 9.90. The highest BCUT2D eigenvalue weighted by molar-refractivity contribution is 6.06. The molecule has 0 heterocycles. The first-order valence-corrected chi connectivity index (χ1v) is 33.2. The topological polar surface area (TPSA) is 264 Å². The Bertz CT molecular complexity index is 3150. The van der Waals surface area contributed by atoms with Gasteiger partial charge in [-0.2, -0.15) is 0 Å². The van der Waals surface area contributed by atoms with Crippen LogP contribution in [0.1, 0.15) is 216 Å². The molecule has 0 fully saturated rings. The zero-order chi connectivity index (χ0) is 67.6. The summed E-state index contributed by atoms with van der Waals surface area (Å²) < 4.78 is 56.1. The smallest absolute Gasteiger partial charge is 0.345 e. The minimum absolute atomic E-state index is 0.0424. The molecular formula is C74H94N2O18. The van der Waals surface area contributed by atoms with E-state index >= 15 is 0 Å². The van der Waals surface area contributed by atoms with E-state index in [2.05, 4.69) is 20.1 Å². The van der Waals surface area contributed by atoms with Crippen molar-refractivity contribution >= 4 is 47.2 Å². The van der Waals surface area contributed by atoms with Crippen molar-refractivity contribution in [2.24, 2.45) is 0 Å². The van der Waals surface area contributed by atoms with Crippen molar-refractivity contribution < 1.29 is 81.1 Å². The number of benzene rings is 5. The van der Waals surface area contributed by atoms with Crippen LogP contribution in [0.3, 0.4) is 0 Å². The predicted molar refractivity (Wildman–Crippen MR) is 358 cm³/mol. The highest BCUT2D eigenvalue weighted by Crippen LogP contribution is 2.35. The number of nitrogens with zero attached hydrogens (tertiary/aromatic N) is 1. The van der Waals surface area contributed by atoms with Crippen molar-refractivity contribution in [3.63, 3.8) is 0 Å². The van der Waals surface area contributed by atoms with E-state index in [0.717, 1.165) is 134 Å². The number of nitrogens with two attached hydrogens (primary N) is 1. The fraction of sp³-hybridized carbons (Fsp3) is 0.459. The number of ether oxygens (including phenoxy) is 10. The van der Waals surface area contributed by atoms with Crippen LogP contribution >= 0.6 is 0 Å². The van der Waals surface area contributed by atoms with Gasteiger partial charge in [0.15, 0.2) is 5.75 Å². The number of unbranched alkanes of at least 4 members (excludes halogenated alkanes) is 21. The minimum atomic E-state index is -0.958. The minimum Gasteiger partial charge on any atom is -0.494 e. The maximum Gasteiger partial charge on any atom is 0.345 e. The SMILES string of the molecule is C=CC(=O)OCCCCCCCCCCCCOc1ccc(OC(=O)c2ccc(C(=O)Oc3ccc(OCCCCCCCCCCCCOC(=O)C=C)cc3)c(C(=O)OCCOc3ccc(OC(=O)c4cc([N+](=O)[O-])c(O[C@@H](C)CCCCCC)cc4N)cc3)c2)cc1. The number of carbonyl (C=O) groups excluding carboxylic acids is 6. The van der Waals surface area contributed by atoms with Gasteiger partial charge in [0.1, 0.15) is 47.7 Å². The molecule has 2 N–H and O–H groups in total. The first kappa shape index (κ1) is 75.5. The van der Waals surface area contributed by atoms with Crippen LogP contribution in [0.2, 0.25) is 0 Å². The molecule has 0 aromatic heterocycles. The van der Waals surface area contributed by atoms with Crippen molar-refractivity contribution in [3.05, 3.63) is 161 Å². The molecule has 0 saturated carbocycles. The Hall–Kier alpha value is -9.20. The Kier molecular flexibility index (Phi) is 35.6. The van der Waals surface area contributed by atoms with E-state index in [4.69, 9.17) is 53.1 Å². The van der Waals surface area contributed by atoms with Crippen LogP contribution < -0.4 is 38.9 Å². The standard InChI is InChI=1S/C74H94N2O18/c1-5-8-9-26-31-55(4)91-68-54-66(75)65(53-67(68)76(83)84)74(82)94-62-43-37-59(38-44-62)87-50-51-90-72(80)64-52-56(71(79)92-60-39-33-57(34-40-60)85-46-27-22-18-14-10-12-16-20-24-29-48-88-69(77)6-2)32-45-63(64)73(81)93-61-41-35-58(36-42-61)86-47-28-23-19-15-11-13-17-21-25-30-49-89-70(78)7-3/h6-7,32-45,52-55H,2-3,5,8-31,46-51,75H2,1,4H3/t55-/m0/s1. The summed E-state index contributed by atoms with van der Waals surface area (Å²) in [5, 5.41) is 12.0. The lowest BCUT2D eigenvalue weighted by Crippen LogP contribution is -2.19. The number of hydrogen-bond acceptors (Lipinski definition) is 19. The Morgan fingerprint density at radius 3 is 1.27 bits per heavy atom. The van der Waals surface area contributed by atoms with Crippen LogP contribution in [-0.2, 0) is 23.8 Å². The molecule has 1 atom stereocenters. The van der Waals surface area contributed by atoms with E-state index < -0.39 is 34.5 Å². The van der Waals surface area contributed by atoms with E-state index in [-0.39, 0.29) is 82.2 Å². The van der Waals surface area contributed by atoms with E-state index in [1.165, 1.54) is 86.4 Å². The van der Waals surface area contributed by atoms with E-state index in [1.54, 1.807) is 48.5 Å². The molecule has 0 aliphatic carbocycles. The predicted octanol–water partition coefficient (Wildman–Crippen LogP) is 16.8. The molecule has 20 nitrogen and oxygen atoms in total. The lowest BCUT2D eigenvalue weighted by Gasteiger charge is -2.16. The van der Waals surface area contributed by atoms with Crippen LogP contribution in [0.5, 0.6) is 40.2 Å². The largest absolute Gasteiger partial charge is 0.494 e. The summed E-state index contributed by atoms with van der Waals surface area (Å²) in [7, 11) is 0. The normalized spacial score (nSPS) is 11.1. The first-order chi connectivity index (χ1) is 45.7. The molecule has 0 aliphatic rings. The van der Waals surface area contributed by atoms with Crippen LogP contribution in [0.4, 0.5) is 11.4 Å². The van der Waals surface area contributed by atoms with Gasteiger partial charge in [-0.15, -0.1) is 0 Å². The van der Waals surface area contributed by atoms with Crippen molar-refractivity contribution in [2.45, 2.75) is 180 Å². The second-order valence-electron chi connectivity index (χ2n) is 22.8. The van der Waals surface area contributed by atoms with Crippen LogP contribution in [-0.4, -0.2) is 86.5 Å². The third kappa shape index (κ3) is 29.6. The van der Waals surface area contributed by atoms with Gasteiger partial charge in [-0.3, -0.25) is 10.1 Å². The monoisotopic (exact) mass is 1300 g/mol. The summed E-state index contributed by atoms with van der Waals surface area (Å²) >= 11 is 0. The molecule has 0 radical (unpaired) electrons. The number of hydrogen-bond donors (Lipinski definition) is 1. The molecule has 0 spiro atoms. The number of esters is 6. The molecule has 0 unspecified atom stereocenters. The molecule has 5 aromatic rings. The van der Waals surface area contributed by atoms with E-state index in [9.17, 15) is 38.9 Å². The average molecular weight is 1300 g/mol. The fourth-order valence-corrected chi connectivity index (χ4v) is 9.90. The summed E-state index contributed by atoms with van der Waals surface area (Å²) in [6.45, 7) is 12.2. The number of carbonyl (C=O) groups is 6. The van der Waals surface area contributed by atoms with Gasteiger partial charge in [-0.25, -0.2) is 28.8 Å². The van der Waals surface area contributed by atoms with Gasteiger partial charge in [0.25, 0.3) is 0 Å². The summed E-state index contributed by atoms with van der Waals surface area (Å²) in [6, 6.07) is 25.1. The van der Waals surface area contributed by atoms with Gasteiger partial charge in [0.05, 0.1) is 65.4 Å². The van der Waals surface area contributed by atoms with Crippen LogP contribution in [0.15, 0.2) is 128 Å². The van der Waals surface area contributed by atoms with Crippen LogP contribution in [0, 0.1) is 10.1 Å². The number of rotatable bonds is 49. The molecule has 94 heavy (non-hydrogen) atoms.